The average molecular weight is 628 g/mol. The van der Waals surface area contributed by atoms with Gasteiger partial charge in [0.2, 0.25) is 17.2 Å². The van der Waals surface area contributed by atoms with Gasteiger partial charge in [-0.25, -0.2) is 0 Å². The molecule has 214 valence electrons. The number of nitrogens with zero attached hydrogens (tertiary/aromatic N) is 5. The molecular weight excluding hydrogens is 610 g/mol. The van der Waals surface area contributed by atoms with E-state index >= 15 is 0 Å². The van der Waals surface area contributed by atoms with Gasteiger partial charge in [-0.05, 0) is 59.5 Å². The second-order valence-electron chi connectivity index (χ2n) is 8.49. The third kappa shape index (κ3) is 6.42. The van der Waals surface area contributed by atoms with E-state index in [1.54, 1.807) is 60.7 Å². The second-order valence-corrected chi connectivity index (χ2v) is 11.6. The number of phenols is 1. The smallest absolute Gasteiger partial charge is 0.296 e. The molecule has 1 aromatic heterocycles. The van der Waals surface area contributed by atoms with Crippen LogP contribution in [0.3, 0.4) is 0 Å². The van der Waals surface area contributed by atoms with Crippen LogP contribution in [-0.4, -0.2) is 46.0 Å². The molecule has 0 fully saturated rings. The number of halogens is 1. The van der Waals surface area contributed by atoms with Gasteiger partial charge in [0.15, 0.2) is 5.75 Å². The highest BCUT2D eigenvalue weighted by molar-refractivity contribution is 7.86. The Morgan fingerprint density at radius 3 is 1.98 bits per heavy atom. The Morgan fingerprint density at radius 1 is 0.738 bits per heavy atom. The Bertz CT molecular complexity index is 2060. The maximum atomic E-state index is 12.3. The third-order valence-corrected chi connectivity index (χ3v) is 7.47. The third-order valence-electron chi connectivity index (χ3n) is 5.61. The molecule has 14 nitrogen and oxygen atoms in total. The van der Waals surface area contributed by atoms with Crippen molar-refractivity contribution in [3.8, 4) is 5.75 Å². The number of aromatic nitrogens is 3. The van der Waals surface area contributed by atoms with Gasteiger partial charge in [-0.1, -0.05) is 36.4 Å². The summed E-state index contributed by atoms with van der Waals surface area (Å²) in [6.45, 7) is 0. The quantitative estimate of drug-likeness (QED) is 0.102. The molecular formula is C25H18ClN7O7S2. The van der Waals surface area contributed by atoms with E-state index in [1.165, 1.54) is 0 Å². The van der Waals surface area contributed by atoms with Crippen LogP contribution in [0.25, 0.3) is 10.8 Å². The SMILES string of the molecule is O=S(=O)(O)c1cc(Nc2nc(Cl)nc(Nc3ccccc3)n2)c2c(O)c(N=Nc3ccccc3)c(S(=O)(=O)O)cc2c1. The highest BCUT2D eigenvalue weighted by Crippen LogP contribution is 2.45. The summed E-state index contributed by atoms with van der Waals surface area (Å²) in [5, 5.41) is 24.0. The first kappa shape index (κ1) is 28.8. The van der Waals surface area contributed by atoms with Gasteiger partial charge in [0, 0.05) is 11.1 Å². The fourth-order valence-electron chi connectivity index (χ4n) is 3.84. The van der Waals surface area contributed by atoms with Crippen molar-refractivity contribution in [3.63, 3.8) is 0 Å². The van der Waals surface area contributed by atoms with Crippen molar-refractivity contribution < 1.29 is 31.0 Å². The number of azo groups is 1. The lowest BCUT2D eigenvalue weighted by Crippen LogP contribution is -2.06. The molecule has 0 unspecified atom stereocenters. The summed E-state index contributed by atoms with van der Waals surface area (Å²) in [6.07, 6.45) is 0. The molecule has 5 aromatic rings. The lowest BCUT2D eigenvalue weighted by atomic mass is 10.1. The van der Waals surface area contributed by atoms with E-state index in [2.05, 4.69) is 35.8 Å². The maximum Gasteiger partial charge on any atom is 0.296 e. The fraction of sp³-hybridized carbons (Fsp3) is 0. The summed E-state index contributed by atoms with van der Waals surface area (Å²) in [5.41, 5.74) is 0.0743. The van der Waals surface area contributed by atoms with E-state index in [4.69, 9.17) is 11.6 Å². The van der Waals surface area contributed by atoms with Gasteiger partial charge in [0.05, 0.1) is 16.3 Å². The average Bonchev–Trinajstić information content (AvgIpc) is 2.92. The Labute approximate surface area is 243 Å². The molecule has 0 amide bonds. The number of fused-ring (bicyclic) bond motifs is 1. The zero-order chi connectivity index (χ0) is 30.1. The molecule has 17 heteroatoms. The molecule has 0 radical (unpaired) electrons. The Kier molecular flexibility index (Phi) is 7.72. The summed E-state index contributed by atoms with van der Waals surface area (Å²) in [7, 11) is -9.87. The number of rotatable bonds is 8. The van der Waals surface area contributed by atoms with Gasteiger partial charge in [-0.15, -0.1) is 5.11 Å². The number of nitrogens with one attached hydrogen (secondary N) is 2. The number of phenolic OH excluding ortho intramolecular Hbond substituents is 1. The van der Waals surface area contributed by atoms with Gasteiger partial charge in [-0.2, -0.15) is 36.9 Å². The monoisotopic (exact) mass is 627 g/mol. The number of aromatic hydroxyl groups is 1. The van der Waals surface area contributed by atoms with Crippen LogP contribution in [0.2, 0.25) is 5.28 Å². The number of hydrogen-bond acceptors (Lipinski definition) is 12. The first-order chi connectivity index (χ1) is 19.9. The summed E-state index contributed by atoms with van der Waals surface area (Å²) in [4.78, 5) is 10.6. The van der Waals surface area contributed by atoms with Crippen LogP contribution in [0.15, 0.2) is 98.9 Å². The van der Waals surface area contributed by atoms with Crippen LogP contribution in [-0.2, 0) is 20.2 Å². The van der Waals surface area contributed by atoms with Crippen molar-refractivity contribution in [2.24, 2.45) is 10.2 Å². The number of benzene rings is 4. The van der Waals surface area contributed by atoms with Crippen LogP contribution < -0.4 is 10.6 Å². The zero-order valence-electron chi connectivity index (χ0n) is 20.9. The van der Waals surface area contributed by atoms with Crippen molar-refractivity contribution >= 4 is 77.3 Å². The molecule has 5 N–H and O–H groups in total. The molecule has 1 heterocycles. The first-order valence-electron chi connectivity index (χ1n) is 11.6. The molecule has 0 saturated carbocycles. The highest BCUT2D eigenvalue weighted by Gasteiger charge is 2.26. The van der Waals surface area contributed by atoms with Crippen LogP contribution >= 0.6 is 11.6 Å². The minimum atomic E-state index is -5.02. The Morgan fingerprint density at radius 2 is 1.36 bits per heavy atom. The highest BCUT2D eigenvalue weighted by atomic mass is 35.5. The van der Waals surface area contributed by atoms with E-state index in [-0.39, 0.29) is 33.6 Å². The predicted molar refractivity (Wildman–Crippen MR) is 154 cm³/mol. The summed E-state index contributed by atoms with van der Waals surface area (Å²) in [6, 6.07) is 19.7. The van der Waals surface area contributed by atoms with Gasteiger partial charge >= 0.3 is 0 Å². The topological polar surface area (TPSA) is 216 Å². The van der Waals surface area contributed by atoms with Crippen LogP contribution in [0.1, 0.15) is 0 Å². The standard InChI is InChI=1S/C25H18ClN7O7S2/c26-23-29-24(27-15-7-3-1-4-8-15)31-25(30-23)28-18-13-17(41(35,36)37)11-14-12-19(42(38,39)40)21(22(34)20(14)18)33-32-16-9-5-2-6-10-16/h1-13,34H,(H,35,36,37)(H,38,39,40)(H2,27,28,29,30,31). The van der Waals surface area contributed by atoms with E-state index in [0.29, 0.717) is 11.4 Å². The predicted octanol–water partition coefficient (Wildman–Crippen LogP) is 5.78. The number of hydrogen-bond donors (Lipinski definition) is 5. The second kappa shape index (κ2) is 11.3. The maximum absolute atomic E-state index is 12.3. The summed E-state index contributed by atoms with van der Waals surface area (Å²) < 4.78 is 68.3. The largest absolute Gasteiger partial charge is 0.505 e. The summed E-state index contributed by atoms with van der Waals surface area (Å²) in [5.74, 6) is -1.01. The molecule has 0 aliphatic heterocycles. The van der Waals surface area contributed by atoms with Gasteiger partial charge in [0.1, 0.15) is 10.6 Å². The molecule has 0 bridgehead atoms. The normalized spacial score (nSPS) is 12.1. The van der Waals surface area contributed by atoms with Gasteiger partial charge in [-0.3, -0.25) is 9.11 Å². The Balaban J connectivity index is 1.71. The minimum absolute atomic E-state index is 0.00849. The zero-order valence-corrected chi connectivity index (χ0v) is 23.3. The van der Waals surface area contributed by atoms with Crippen molar-refractivity contribution in [3.05, 3.63) is 84.1 Å². The van der Waals surface area contributed by atoms with Crippen LogP contribution in [0.5, 0.6) is 5.75 Å². The fourth-order valence-corrected chi connectivity index (χ4v) is 5.20. The molecule has 0 aliphatic carbocycles. The van der Waals surface area contributed by atoms with Gasteiger partial charge < -0.3 is 15.7 Å². The van der Waals surface area contributed by atoms with E-state index < -0.39 is 41.5 Å². The van der Waals surface area contributed by atoms with E-state index in [0.717, 1.165) is 18.2 Å². The Hall–Kier alpha value is -4.74. The molecule has 5 rings (SSSR count). The van der Waals surface area contributed by atoms with Crippen molar-refractivity contribution in [2.45, 2.75) is 9.79 Å². The minimum Gasteiger partial charge on any atom is -0.505 e. The van der Waals surface area contributed by atoms with Crippen LogP contribution in [0, 0.1) is 0 Å². The first-order valence-corrected chi connectivity index (χ1v) is 14.9. The molecule has 4 aromatic carbocycles. The van der Waals surface area contributed by atoms with Crippen LogP contribution in [0.4, 0.5) is 34.6 Å². The van der Waals surface area contributed by atoms with Crippen molar-refractivity contribution in [1.82, 2.24) is 15.0 Å². The molecule has 0 atom stereocenters. The molecule has 0 aliphatic rings. The molecule has 42 heavy (non-hydrogen) atoms. The van der Waals surface area contributed by atoms with Crippen molar-refractivity contribution in [2.75, 3.05) is 10.6 Å². The lowest BCUT2D eigenvalue weighted by Gasteiger charge is -2.15. The number of para-hydroxylation sites is 1. The number of anilines is 4. The molecule has 0 saturated heterocycles. The van der Waals surface area contributed by atoms with E-state index in [1.807, 2.05) is 0 Å². The van der Waals surface area contributed by atoms with Crippen molar-refractivity contribution in [1.29, 1.82) is 0 Å². The van der Waals surface area contributed by atoms with Gasteiger partial charge in [0.25, 0.3) is 20.2 Å². The van der Waals surface area contributed by atoms with E-state index in [9.17, 15) is 31.0 Å². The lowest BCUT2D eigenvalue weighted by molar-refractivity contribution is 0.472. The summed E-state index contributed by atoms with van der Waals surface area (Å²) >= 11 is 6.08. The molecule has 0 spiro atoms.